The molecule has 0 radical (unpaired) electrons. The van der Waals surface area contributed by atoms with Crippen LogP contribution >= 0.6 is 0 Å². The van der Waals surface area contributed by atoms with Crippen molar-refractivity contribution in [1.82, 2.24) is 19.1 Å². The molecule has 3 heterocycles. The van der Waals surface area contributed by atoms with E-state index in [9.17, 15) is 22.0 Å². The van der Waals surface area contributed by atoms with Crippen molar-refractivity contribution >= 4 is 15.7 Å². The van der Waals surface area contributed by atoms with Crippen LogP contribution in [0.4, 0.5) is 14.5 Å². The molecule has 8 nitrogen and oxygen atoms in total. The summed E-state index contributed by atoms with van der Waals surface area (Å²) in [5.41, 5.74) is 0.367. The van der Waals surface area contributed by atoms with Crippen LogP contribution in [-0.4, -0.2) is 58.9 Å². The summed E-state index contributed by atoms with van der Waals surface area (Å²) in [5, 5.41) is 3.71. The fourth-order valence-corrected chi connectivity index (χ4v) is 5.07. The van der Waals surface area contributed by atoms with Crippen molar-refractivity contribution < 1.29 is 17.2 Å². The zero-order chi connectivity index (χ0) is 23.8. The minimum absolute atomic E-state index is 0.0739. The van der Waals surface area contributed by atoms with E-state index in [1.165, 1.54) is 16.7 Å². The van der Waals surface area contributed by atoms with Crippen molar-refractivity contribution in [3.63, 3.8) is 0 Å². The second kappa shape index (κ2) is 8.99. The van der Waals surface area contributed by atoms with E-state index in [0.29, 0.717) is 24.5 Å². The number of rotatable bonds is 5. The summed E-state index contributed by atoms with van der Waals surface area (Å²) < 4.78 is 55.6. The van der Waals surface area contributed by atoms with Gasteiger partial charge in [-0.1, -0.05) is 0 Å². The molecule has 1 fully saturated rings. The van der Waals surface area contributed by atoms with Crippen LogP contribution in [0.5, 0.6) is 0 Å². The molecule has 3 aromatic rings. The highest BCUT2D eigenvalue weighted by Gasteiger charge is 2.31. The van der Waals surface area contributed by atoms with Gasteiger partial charge < -0.3 is 4.90 Å². The van der Waals surface area contributed by atoms with Crippen LogP contribution in [0, 0.1) is 11.6 Å². The number of benzene rings is 1. The van der Waals surface area contributed by atoms with Gasteiger partial charge in [-0.3, -0.25) is 9.78 Å². The molecule has 33 heavy (non-hydrogen) atoms. The molecule has 174 valence electrons. The molecule has 2 aromatic heterocycles. The number of hydrogen-bond acceptors (Lipinski definition) is 6. The molecule has 1 aliphatic heterocycles. The Morgan fingerprint density at radius 3 is 2.24 bits per heavy atom. The van der Waals surface area contributed by atoms with Gasteiger partial charge in [0.05, 0.1) is 34.6 Å². The number of pyridine rings is 1. The van der Waals surface area contributed by atoms with Gasteiger partial charge in [0.25, 0.3) is 5.56 Å². The lowest BCUT2D eigenvalue weighted by Gasteiger charge is -2.36. The Kier molecular flexibility index (Phi) is 6.26. The molecular formula is C22H23F2N5O3S. The number of aromatic nitrogens is 3. The second-order valence-electron chi connectivity index (χ2n) is 7.97. The Labute approximate surface area is 190 Å². The van der Waals surface area contributed by atoms with Gasteiger partial charge in [0.15, 0.2) is 0 Å². The summed E-state index contributed by atoms with van der Waals surface area (Å²) in [5.74, 6) is -1.62. The molecule has 0 saturated carbocycles. The van der Waals surface area contributed by atoms with E-state index < -0.39 is 32.5 Å². The van der Waals surface area contributed by atoms with Gasteiger partial charge in [0, 0.05) is 38.4 Å². The maximum atomic E-state index is 14.0. The minimum atomic E-state index is -3.41. The predicted octanol–water partition coefficient (Wildman–Crippen LogP) is 2.43. The molecule has 1 aromatic carbocycles. The Morgan fingerprint density at radius 1 is 1.00 bits per heavy atom. The number of piperazine rings is 1. The maximum Gasteiger partial charge on any atom is 0.281 e. The summed E-state index contributed by atoms with van der Waals surface area (Å²) in [6.45, 7) is 4.30. The lowest BCUT2D eigenvalue weighted by molar-refractivity contribution is 0.381. The molecule has 0 unspecified atom stereocenters. The Balaban J connectivity index is 1.79. The first-order valence-electron chi connectivity index (χ1n) is 10.4. The normalized spacial score (nSPS) is 15.2. The van der Waals surface area contributed by atoms with Crippen molar-refractivity contribution in [3.05, 3.63) is 70.9 Å². The van der Waals surface area contributed by atoms with Crippen molar-refractivity contribution in [3.8, 4) is 16.8 Å². The van der Waals surface area contributed by atoms with Crippen LogP contribution in [0.15, 0.2) is 53.7 Å². The second-order valence-corrected chi connectivity index (χ2v) is 10.5. The Hall–Kier alpha value is -3.18. The molecule has 0 aliphatic carbocycles. The first-order chi connectivity index (χ1) is 15.7. The van der Waals surface area contributed by atoms with Crippen molar-refractivity contribution in [2.75, 3.05) is 31.1 Å². The smallest absolute Gasteiger partial charge is 0.281 e. The molecule has 0 spiro atoms. The molecule has 0 amide bonds. The van der Waals surface area contributed by atoms with Crippen LogP contribution in [0.1, 0.15) is 13.8 Å². The van der Waals surface area contributed by atoms with E-state index in [1.807, 2.05) is 4.90 Å². The minimum Gasteiger partial charge on any atom is -0.367 e. The van der Waals surface area contributed by atoms with Gasteiger partial charge in [0.2, 0.25) is 10.0 Å². The molecule has 0 bridgehead atoms. The number of anilines is 1. The average Bonchev–Trinajstić information content (AvgIpc) is 2.78. The molecule has 1 aliphatic rings. The maximum absolute atomic E-state index is 14.0. The quantitative estimate of drug-likeness (QED) is 0.563. The number of halogens is 2. The Bertz CT molecular complexity index is 1300. The van der Waals surface area contributed by atoms with Gasteiger partial charge in [-0.05, 0) is 43.7 Å². The number of hydrogen-bond donors (Lipinski definition) is 0. The van der Waals surface area contributed by atoms with E-state index >= 15 is 0 Å². The summed E-state index contributed by atoms with van der Waals surface area (Å²) in [7, 11) is -3.41. The zero-order valence-corrected chi connectivity index (χ0v) is 19.0. The Morgan fingerprint density at radius 2 is 1.67 bits per heavy atom. The van der Waals surface area contributed by atoms with Gasteiger partial charge in [-0.25, -0.2) is 17.2 Å². The molecule has 0 N–H and O–H groups in total. The van der Waals surface area contributed by atoms with Crippen molar-refractivity contribution in [1.29, 1.82) is 0 Å². The van der Waals surface area contributed by atoms with Gasteiger partial charge in [-0.15, -0.1) is 0 Å². The molecule has 0 atom stereocenters. The van der Waals surface area contributed by atoms with Crippen LogP contribution in [0.25, 0.3) is 16.8 Å². The SMILES string of the molecule is CC(C)S(=O)(=O)N1CCN(c2cnn(-c3cccnc3)c(=O)c2-c2cc(F)cc(F)c2)CC1. The summed E-state index contributed by atoms with van der Waals surface area (Å²) in [6, 6.07) is 6.21. The van der Waals surface area contributed by atoms with Crippen LogP contribution in [-0.2, 0) is 10.0 Å². The molecular weight excluding hydrogens is 452 g/mol. The highest BCUT2D eigenvalue weighted by Crippen LogP contribution is 2.30. The van der Waals surface area contributed by atoms with Gasteiger partial charge in [-0.2, -0.15) is 14.1 Å². The third kappa shape index (κ3) is 4.51. The van der Waals surface area contributed by atoms with Crippen LogP contribution in [0.2, 0.25) is 0 Å². The molecule has 11 heteroatoms. The van der Waals surface area contributed by atoms with Gasteiger partial charge >= 0.3 is 0 Å². The number of sulfonamides is 1. The van der Waals surface area contributed by atoms with E-state index in [4.69, 9.17) is 0 Å². The van der Waals surface area contributed by atoms with E-state index in [1.54, 1.807) is 32.2 Å². The standard InChI is InChI=1S/C22H23F2N5O3S/c1-15(2)33(31,32)28-8-6-27(7-9-28)20-14-26-29(19-4-3-5-25-13-19)22(30)21(20)16-10-17(23)12-18(24)11-16/h3-5,10-15H,6-9H2,1-2H3. The number of nitrogens with zero attached hydrogens (tertiary/aromatic N) is 5. The van der Waals surface area contributed by atoms with E-state index in [-0.39, 0.29) is 24.2 Å². The van der Waals surface area contributed by atoms with Crippen molar-refractivity contribution in [2.45, 2.75) is 19.1 Å². The average molecular weight is 476 g/mol. The summed E-state index contributed by atoms with van der Waals surface area (Å²) in [6.07, 6.45) is 4.47. The topological polar surface area (TPSA) is 88.4 Å². The highest BCUT2D eigenvalue weighted by molar-refractivity contribution is 7.89. The highest BCUT2D eigenvalue weighted by atomic mass is 32.2. The lowest BCUT2D eigenvalue weighted by Crippen LogP contribution is -2.50. The fraction of sp³-hybridized carbons (Fsp3) is 0.318. The summed E-state index contributed by atoms with van der Waals surface area (Å²) >= 11 is 0. The third-order valence-electron chi connectivity index (χ3n) is 5.53. The van der Waals surface area contributed by atoms with Crippen molar-refractivity contribution in [2.24, 2.45) is 0 Å². The zero-order valence-electron chi connectivity index (χ0n) is 18.1. The van der Waals surface area contributed by atoms with Crippen LogP contribution in [0.3, 0.4) is 0 Å². The molecule has 1 saturated heterocycles. The lowest BCUT2D eigenvalue weighted by atomic mass is 10.0. The monoisotopic (exact) mass is 475 g/mol. The fourth-order valence-electron chi connectivity index (χ4n) is 3.80. The largest absolute Gasteiger partial charge is 0.367 e. The predicted molar refractivity (Wildman–Crippen MR) is 121 cm³/mol. The molecule has 4 rings (SSSR count). The van der Waals surface area contributed by atoms with E-state index in [0.717, 1.165) is 22.9 Å². The van der Waals surface area contributed by atoms with Gasteiger partial charge in [0.1, 0.15) is 11.6 Å². The first-order valence-corrected chi connectivity index (χ1v) is 11.9. The third-order valence-corrected chi connectivity index (χ3v) is 7.81. The van der Waals surface area contributed by atoms with E-state index in [2.05, 4.69) is 10.1 Å². The van der Waals surface area contributed by atoms with Crippen LogP contribution < -0.4 is 10.5 Å². The summed E-state index contributed by atoms with van der Waals surface area (Å²) in [4.78, 5) is 19.3. The first kappa shape index (κ1) is 23.0.